The topological polar surface area (TPSA) is 56.0 Å². The van der Waals surface area contributed by atoms with Gasteiger partial charge in [0.1, 0.15) is 0 Å². The molecule has 0 fully saturated rings. The van der Waals surface area contributed by atoms with E-state index in [0.29, 0.717) is 5.82 Å². The van der Waals surface area contributed by atoms with Gasteiger partial charge in [0.15, 0.2) is 0 Å². The van der Waals surface area contributed by atoms with Crippen LogP contribution in [0.4, 0.5) is 0 Å². The van der Waals surface area contributed by atoms with E-state index in [1.165, 1.54) is 11.3 Å². The van der Waals surface area contributed by atoms with Gasteiger partial charge in [0.2, 0.25) is 5.82 Å². The van der Waals surface area contributed by atoms with E-state index in [1.54, 1.807) is 0 Å². The normalized spacial score (nSPS) is 10.2. The number of carbonyl (C=O) groups excluding carboxylic acids is 1. The SMILES string of the molecule is O=C(Cl)c1nc(-c2cccs2)no1. The summed E-state index contributed by atoms with van der Waals surface area (Å²) < 4.78 is 4.61. The van der Waals surface area contributed by atoms with E-state index in [-0.39, 0.29) is 5.89 Å². The molecule has 0 radical (unpaired) electrons. The fourth-order valence-electron chi connectivity index (χ4n) is 0.809. The van der Waals surface area contributed by atoms with Gasteiger partial charge in [-0.05, 0) is 23.0 Å². The summed E-state index contributed by atoms with van der Waals surface area (Å²) in [4.78, 5) is 15.2. The molecule has 66 valence electrons. The summed E-state index contributed by atoms with van der Waals surface area (Å²) in [6, 6.07) is 3.69. The van der Waals surface area contributed by atoms with Gasteiger partial charge in [-0.2, -0.15) is 4.98 Å². The molecule has 0 aliphatic rings. The maximum absolute atomic E-state index is 10.6. The Balaban J connectivity index is 2.39. The second-order valence-corrected chi connectivity index (χ2v) is 3.47. The Hall–Kier alpha value is -1.20. The fourth-order valence-corrected chi connectivity index (χ4v) is 1.54. The van der Waals surface area contributed by atoms with Gasteiger partial charge in [0.05, 0.1) is 4.88 Å². The van der Waals surface area contributed by atoms with Crippen LogP contribution in [0.5, 0.6) is 0 Å². The molecule has 0 bridgehead atoms. The van der Waals surface area contributed by atoms with Crippen molar-refractivity contribution in [3.63, 3.8) is 0 Å². The molecule has 6 heteroatoms. The monoisotopic (exact) mass is 214 g/mol. The van der Waals surface area contributed by atoms with E-state index < -0.39 is 5.24 Å². The lowest BCUT2D eigenvalue weighted by Gasteiger charge is -1.80. The molecule has 0 aromatic carbocycles. The largest absolute Gasteiger partial charge is 0.329 e. The van der Waals surface area contributed by atoms with E-state index >= 15 is 0 Å². The summed E-state index contributed by atoms with van der Waals surface area (Å²) >= 11 is 6.61. The van der Waals surface area contributed by atoms with Crippen LogP contribution in [0.3, 0.4) is 0 Å². The van der Waals surface area contributed by atoms with Crippen molar-refractivity contribution in [2.45, 2.75) is 0 Å². The van der Waals surface area contributed by atoms with Crippen molar-refractivity contribution in [1.82, 2.24) is 10.1 Å². The van der Waals surface area contributed by atoms with Gasteiger partial charge < -0.3 is 4.52 Å². The summed E-state index contributed by atoms with van der Waals surface area (Å²) in [5, 5.41) is 4.74. The molecule has 0 aliphatic heterocycles. The molecule has 2 rings (SSSR count). The van der Waals surface area contributed by atoms with Gasteiger partial charge in [-0.25, -0.2) is 0 Å². The van der Waals surface area contributed by atoms with Gasteiger partial charge in [-0.3, -0.25) is 4.79 Å². The lowest BCUT2D eigenvalue weighted by molar-refractivity contribution is 0.104. The fraction of sp³-hybridized carbons (Fsp3) is 0. The highest BCUT2D eigenvalue weighted by Crippen LogP contribution is 2.21. The van der Waals surface area contributed by atoms with Crippen LogP contribution in [0.15, 0.2) is 22.0 Å². The quantitative estimate of drug-likeness (QED) is 0.719. The van der Waals surface area contributed by atoms with Gasteiger partial charge in [0.25, 0.3) is 0 Å². The Morgan fingerprint density at radius 2 is 2.46 bits per heavy atom. The maximum atomic E-state index is 10.6. The predicted molar refractivity (Wildman–Crippen MR) is 47.8 cm³/mol. The third kappa shape index (κ3) is 1.61. The van der Waals surface area contributed by atoms with Gasteiger partial charge in [-0.1, -0.05) is 11.2 Å². The summed E-state index contributed by atoms with van der Waals surface area (Å²) in [6.07, 6.45) is 0. The van der Waals surface area contributed by atoms with Gasteiger partial charge in [-0.15, -0.1) is 11.3 Å². The summed E-state index contributed by atoms with van der Waals surface area (Å²) in [5.41, 5.74) is 0. The molecule has 0 saturated carbocycles. The van der Waals surface area contributed by atoms with E-state index in [0.717, 1.165) is 4.88 Å². The molecule has 2 aromatic rings. The van der Waals surface area contributed by atoms with Crippen LogP contribution in [-0.4, -0.2) is 15.4 Å². The van der Waals surface area contributed by atoms with Crippen molar-refractivity contribution in [2.75, 3.05) is 0 Å². The van der Waals surface area contributed by atoms with E-state index in [9.17, 15) is 4.79 Å². The minimum atomic E-state index is -0.740. The lowest BCUT2D eigenvalue weighted by Crippen LogP contribution is -1.87. The Bertz CT molecular complexity index is 423. The highest BCUT2D eigenvalue weighted by Gasteiger charge is 2.13. The third-order valence-electron chi connectivity index (χ3n) is 1.34. The van der Waals surface area contributed by atoms with Gasteiger partial charge >= 0.3 is 11.1 Å². The van der Waals surface area contributed by atoms with Crippen LogP contribution in [0, 0.1) is 0 Å². The number of carbonyl (C=O) groups is 1. The molecule has 2 heterocycles. The summed E-state index contributed by atoms with van der Waals surface area (Å²) in [6.45, 7) is 0. The molecule has 0 amide bonds. The number of thiophene rings is 1. The Morgan fingerprint density at radius 1 is 1.62 bits per heavy atom. The molecular weight excluding hydrogens is 212 g/mol. The summed E-state index contributed by atoms with van der Waals surface area (Å²) in [5.74, 6) is 0.212. The molecule has 0 unspecified atom stereocenters. The van der Waals surface area contributed by atoms with E-state index in [4.69, 9.17) is 11.6 Å². The predicted octanol–water partition coefficient (Wildman–Crippen LogP) is 2.18. The molecule has 0 N–H and O–H groups in total. The zero-order chi connectivity index (χ0) is 9.26. The second-order valence-electron chi connectivity index (χ2n) is 2.17. The first-order valence-corrected chi connectivity index (χ1v) is 4.60. The van der Waals surface area contributed by atoms with Gasteiger partial charge in [0, 0.05) is 0 Å². The first kappa shape index (κ1) is 8.40. The van der Waals surface area contributed by atoms with Crippen LogP contribution >= 0.6 is 22.9 Å². The molecule has 0 saturated heterocycles. The number of hydrogen-bond donors (Lipinski definition) is 0. The highest BCUT2D eigenvalue weighted by atomic mass is 35.5. The standard InChI is InChI=1S/C7H3ClN2O2S/c8-5(11)7-9-6(10-12-7)4-2-1-3-13-4/h1-3H. The smallest absolute Gasteiger partial charge is 0.310 e. The van der Waals surface area contributed by atoms with Crippen LogP contribution in [-0.2, 0) is 0 Å². The number of halogens is 1. The number of aromatic nitrogens is 2. The number of nitrogens with zero attached hydrogens (tertiary/aromatic N) is 2. The zero-order valence-electron chi connectivity index (χ0n) is 6.23. The highest BCUT2D eigenvalue weighted by molar-refractivity contribution is 7.13. The van der Waals surface area contributed by atoms with Crippen molar-refractivity contribution in [2.24, 2.45) is 0 Å². The van der Waals surface area contributed by atoms with Crippen molar-refractivity contribution in [3.8, 4) is 10.7 Å². The van der Waals surface area contributed by atoms with E-state index in [2.05, 4.69) is 14.7 Å². The number of rotatable bonds is 2. The third-order valence-corrected chi connectivity index (χ3v) is 2.36. The maximum Gasteiger partial charge on any atom is 0.310 e. The molecule has 13 heavy (non-hydrogen) atoms. The first-order chi connectivity index (χ1) is 6.27. The minimum Gasteiger partial charge on any atom is -0.329 e. The zero-order valence-corrected chi connectivity index (χ0v) is 7.80. The number of hydrogen-bond acceptors (Lipinski definition) is 5. The molecular formula is C7H3ClN2O2S. The molecule has 0 atom stereocenters. The first-order valence-electron chi connectivity index (χ1n) is 3.35. The van der Waals surface area contributed by atoms with Crippen LogP contribution in [0.25, 0.3) is 10.7 Å². The lowest BCUT2D eigenvalue weighted by atomic mass is 10.4. The molecule has 2 aromatic heterocycles. The van der Waals surface area contributed by atoms with E-state index in [1.807, 2.05) is 17.5 Å². The Labute approximate surface area is 82.1 Å². The van der Waals surface area contributed by atoms with Crippen LogP contribution in [0.1, 0.15) is 10.7 Å². The minimum absolute atomic E-state index is 0.176. The van der Waals surface area contributed by atoms with Crippen molar-refractivity contribution in [1.29, 1.82) is 0 Å². The van der Waals surface area contributed by atoms with Crippen molar-refractivity contribution in [3.05, 3.63) is 23.4 Å². The summed E-state index contributed by atoms with van der Waals surface area (Å²) in [7, 11) is 0. The molecule has 4 nitrogen and oxygen atoms in total. The molecule has 0 aliphatic carbocycles. The van der Waals surface area contributed by atoms with Crippen LogP contribution in [0.2, 0.25) is 0 Å². The van der Waals surface area contributed by atoms with Crippen LogP contribution < -0.4 is 0 Å². The molecule has 0 spiro atoms. The van der Waals surface area contributed by atoms with Crippen molar-refractivity contribution >= 4 is 28.2 Å². The second kappa shape index (κ2) is 3.27. The average Bonchev–Trinajstić information content (AvgIpc) is 2.75. The Kier molecular flexibility index (Phi) is 2.12. The average molecular weight is 215 g/mol. The Morgan fingerprint density at radius 3 is 3.00 bits per heavy atom. The van der Waals surface area contributed by atoms with Crippen molar-refractivity contribution < 1.29 is 9.32 Å².